The lowest BCUT2D eigenvalue weighted by Crippen LogP contribution is -2.46. The van der Waals surface area contributed by atoms with Gasteiger partial charge in [0.2, 0.25) is 11.8 Å². The summed E-state index contributed by atoms with van der Waals surface area (Å²) < 4.78 is 10.7. The third kappa shape index (κ3) is 8.07. The van der Waals surface area contributed by atoms with Crippen molar-refractivity contribution in [3.63, 3.8) is 0 Å². The van der Waals surface area contributed by atoms with E-state index in [9.17, 15) is 9.59 Å². The minimum atomic E-state index is -0.0349. The quantitative estimate of drug-likeness (QED) is 0.438. The number of rotatable bonds is 12. The molecule has 1 aromatic heterocycles. The first-order valence-electron chi connectivity index (χ1n) is 11.5. The number of carbonyl (C=O) groups excluding carboxylic acids is 2. The first-order chi connectivity index (χ1) is 15.6. The predicted molar refractivity (Wildman–Crippen MR) is 134 cm³/mol. The van der Waals surface area contributed by atoms with Crippen LogP contribution in [-0.4, -0.2) is 55.0 Å². The molecule has 0 saturated heterocycles. The number of nitrogens with zero attached hydrogens (tertiary/aromatic N) is 2. The Balaban J connectivity index is 2.18. The average molecular weight is 475 g/mol. The molecule has 0 N–H and O–H groups in total. The van der Waals surface area contributed by atoms with Crippen LogP contribution in [0.1, 0.15) is 49.4 Å². The second kappa shape index (κ2) is 12.6. The van der Waals surface area contributed by atoms with E-state index in [1.807, 2.05) is 50.8 Å². The van der Waals surface area contributed by atoms with E-state index in [-0.39, 0.29) is 30.3 Å². The summed E-state index contributed by atoms with van der Waals surface area (Å²) >= 11 is 1.70. The second-order valence-corrected chi connectivity index (χ2v) is 10.4. The highest BCUT2D eigenvalue weighted by molar-refractivity contribution is 7.11. The van der Waals surface area contributed by atoms with Gasteiger partial charge < -0.3 is 19.3 Å². The number of aryl methyl sites for hydroxylation is 1. The molecule has 2 amide bonds. The molecule has 182 valence electrons. The number of carbonyl (C=O) groups is 2. The third-order valence-electron chi connectivity index (χ3n) is 5.45. The standard InChI is InChI=1S/C26H38N2O4S/c1-18(2)14-25(29)28(19(3)4)17-26(30)27(16-22-10-8-20(5)33-22)13-12-21-9-11-23(31-6)24(15-21)32-7/h8-11,15,18-19H,12-14,16-17H2,1-7H3. The number of methoxy groups -OCH3 is 2. The van der Waals surface area contributed by atoms with E-state index >= 15 is 0 Å². The zero-order valence-corrected chi connectivity index (χ0v) is 21.8. The van der Waals surface area contributed by atoms with Crippen molar-refractivity contribution in [2.75, 3.05) is 27.3 Å². The van der Waals surface area contributed by atoms with Gasteiger partial charge in [-0.1, -0.05) is 19.9 Å². The van der Waals surface area contributed by atoms with Crippen LogP contribution in [0.3, 0.4) is 0 Å². The smallest absolute Gasteiger partial charge is 0.242 e. The lowest BCUT2D eigenvalue weighted by atomic mass is 10.1. The van der Waals surface area contributed by atoms with Gasteiger partial charge in [0.1, 0.15) is 0 Å². The van der Waals surface area contributed by atoms with Gasteiger partial charge in [-0.2, -0.15) is 0 Å². The van der Waals surface area contributed by atoms with Crippen molar-refractivity contribution in [1.82, 2.24) is 9.80 Å². The molecule has 6 nitrogen and oxygen atoms in total. The zero-order valence-electron chi connectivity index (χ0n) is 21.0. The highest BCUT2D eigenvalue weighted by Gasteiger charge is 2.24. The van der Waals surface area contributed by atoms with Gasteiger partial charge in [-0.25, -0.2) is 0 Å². The molecule has 0 radical (unpaired) electrons. The van der Waals surface area contributed by atoms with Crippen molar-refractivity contribution in [1.29, 1.82) is 0 Å². The highest BCUT2D eigenvalue weighted by Crippen LogP contribution is 2.28. The van der Waals surface area contributed by atoms with Gasteiger partial charge in [0.25, 0.3) is 0 Å². The average Bonchev–Trinajstić information content (AvgIpc) is 3.18. The van der Waals surface area contributed by atoms with Crippen LogP contribution in [0.15, 0.2) is 30.3 Å². The van der Waals surface area contributed by atoms with Gasteiger partial charge >= 0.3 is 0 Å². The van der Waals surface area contributed by atoms with Crippen molar-refractivity contribution >= 4 is 23.2 Å². The van der Waals surface area contributed by atoms with Crippen LogP contribution in [0.25, 0.3) is 0 Å². The molecule has 0 aliphatic rings. The Morgan fingerprint density at radius 2 is 1.67 bits per heavy atom. The van der Waals surface area contributed by atoms with E-state index in [0.29, 0.717) is 37.4 Å². The molecule has 0 fully saturated rings. The third-order valence-corrected chi connectivity index (χ3v) is 6.43. The first-order valence-corrected chi connectivity index (χ1v) is 12.3. The molecule has 2 rings (SSSR count). The maximum Gasteiger partial charge on any atom is 0.242 e. The van der Waals surface area contributed by atoms with E-state index in [1.165, 1.54) is 4.88 Å². The minimum absolute atomic E-state index is 0.0279. The van der Waals surface area contributed by atoms with Crippen molar-refractivity contribution in [3.05, 3.63) is 45.6 Å². The van der Waals surface area contributed by atoms with Crippen LogP contribution in [0.5, 0.6) is 11.5 Å². The molecule has 33 heavy (non-hydrogen) atoms. The first kappa shape index (κ1) is 26.7. The molecule has 7 heteroatoms. The fourth-order valence-corrected chi connectivity index (χ4v) is 4.53. The van der Waals surface area contributed by atoms with Crippen LogP contribution < -0.4 is 9.47 Å². The summed E-state index contributed by atoms with van der Waals surface area (Å²) in [5.41, 5.74) is 1.06. The summed E-state index contributed by atoms with van der Waals surface area (Å²) in [7, 11) is 3.23. The Labute approximate surface area is 202 Å². The Hall–Kier alpha value is -2.54. The molecule has 0 saturated carbocycles. The molecule has 0 bridgehead atoms. The highest BCUT2D eigenvalue weighted by atomic mass is 32.1. The minimum Gasteiger partial charge on any atom is -0.493 e. The monoisotopic (exact) mass is 474 g/mol. The lowest BCUT2D eigenvalue weighted by molar-refractivity contribution is -0.142. The molecular weight excluding hydrogens is 436 g/mol. The summed E-state index contributed by atoms with van der Waals surface area (Å²) in [6.45, 7) is 11.2. The normalized spacial score (nSPS) is 11.1. The van der Waals surface area contributed by atoms with Crippen LogP contribution in [0, 0.1) is 12.8 Å². The molecule has 1 aromatic carbocycles. The molecular formula is C26H38N2O4S. The van der Waals surface area contributed by atoms with Crippen molar-refractivity contribution in [2.45, 2.75) is 60.0 Å². The van der Waals surface area contributed by atoms with E-state index in [2.05, 4.69) is 19.1 Å². The Kier molecular flexibility index (Phi) is 10.2. The number of hydrogen-bond acceptors (Lipinski definition) is 5. The fraction of sp³-hybridized carbons (Fsp3) is 0.538. The van der Waals surface area contributed by atoms with Gasteiger partial charge in [0, 0.05) is 28.8 Å². The molecule has 0 aliphatic heterocycles. The van der Waals surface area contributed by atoms with Crippen molar-refractivity contribution in [2.24, 2.45) is 5.92 Å². The zero-order chi connectivity index (χ0) is 24.5. The van der Waals surface area contributed by atoms with Crippen LogP contribution in [0.2, 0.25) is 0 Å². The second-order valence-electron chi connectivity index (χ2n) is 8.98. The fourth-order valence-electron chi connectivity index (χ4n) is 3.62. The Bertz CT molecular complexity index is 923. The van der Waals surface area contributed by atoms with E-state index in [4.69, 9.17) is 9.47 Å². The maximum atomic E-state index is 13.4. The molecule has 0 atom stereocenters. The van der Waals surface area contributed by atoms with Gasteiger partial charge in [-0.3, -0.25) is 9.59 Å². The number of amides is 2. The van der Waals surface area contributed by atoms with E-state index < -0.39 is 0 Å². The number of benzene rings is 1. The topological polar surface area (TPSA) is 59.1 Å². The molecule has 0 unspecified atom stereocenters. The molecule has 2 aromatic rings. The predicted octanol–water partition coefficient (Wildman–Crippen LogP) is 4.93. The molecule has 0 spiro atoms. The van der Waals surface area contributed by atoms with E-state index in [1.54, 1.807) is 30.5 Å². The van der Waals surface area contributed by atoms with Gasteiger partial charge in [0.15, 0.2) is 11.5 Å². The summed E-state index contributed by atoms with van der Waals surface area (Å²) in [6.07, 6.45) is 1.12. The van der Waals surface area contributed by atoms with Crippen LogP contribution in [-0.2, 0) is 22.6 Å². The SMILES string of the molecule is COc1ccc(CCN(Cc2ccc(C)s2)C(=O)CN(C(=O)CC(C)C)C(C)C)cc1OC. The Morgan fingerprint density at radius 1 is 0.970 bits per heavy atom. The largest absolute Gasteiger partial charge is 0.493 e. The number of hydrogen-bond donors (Lipinski definition) is 0. The maximum absolute atomic E-state index is 13.4. The molecule has 0 aliphatic carbocycles. The van der Waals surface area contributed by atoms with E-state index in [0.717, 1.165) is 10.4 Å². The number of ether oxygens (including phenoxy) is 2. The summed E-state index contributed by atoms with van der Waals surface area (Å²) in [6, 6.07) is 9.94. The summed E-state index contributed by atoms with van der Waals surface area (Å²) in [5.74, 6) is 1.60. The number of thiophene rings is 1. The van der Waals surface area contributed by atoms with Crippen molar-refractivity contribution in [3.8, 4) is 11.5 Å². The summed E-state index contributed by atoms with van der Waals surface area (Å²) in [5, 5.41) is 0. The van der Waals surface area contributed by atoms with Crippen molar-refractivity contribution < 1.29 is 19.1 Å². The summed E-state index contributed by atoms with van der Waals surface area (Å²) in [4.78, 5) is 32.1. The van der Waals surface area contributed by atoms with Crippen LogP contribution >= 0.6 is 11.3 Å². The van der Waals surface area contributed by atoms with Gasteiger partial charge in [-0.05, 0) is 62.9 Å². The van der Waals surface area contributed by atoms with Gasteiger partial charge in [0.05, 0.1) is 27.3 Å². The van der Waals surface area contributed by atoms with Crippen LogP contribution in [0.4, 0.5) is 0 Å². The Morgan fingerprint density at radius 3 is 2.21 bits per heavy atom. The molecule has 1 heterocycles. The van der Waals surface area contributed by atoms with Gasteiger partial charge in [-0.15, -0.1) is 11.3 Å². The lowest BCUT2D eigenvalue weighted by Gasteiger charge is -2.30.